The largest absolute Gasteiger partial charge is 0.497 e. The Morgan fingerprint density at radius 1 is 1.10 bits per heavy atom. The van der Waals surface area contributed by atoms with E-state index in [4.69, 9.17) is 9.47 Å². The lowest BCUT2D eigenvalue weighted by Gasteiger charge is -2.40. The zero-order chi connectivity index (χ0) is 21.1. The monoisotopic (exact) mass is 408 g/mol. The normalized spacial score (nSPS) is 19.4. The molecular weight excluding hydrogens is 376 g/mol. The molecule has 0 spiro atoms. The number of carbonyl (C=O) groups is 1. The van der Waals surface area contributed by atoms with E-state index in [0.717, 1.165) is 55.8 Å². The highest BCUT2D eigenvalue weighted by Crippen LogP contribution is 2.29. The molecule has 0 bridgehead atoms. The summed E-state index contributed by atoms with van der Waals surface area (Å²) in [5, 5.41) is 0. The predicted octanol–water partition coefficient (Wildman–Crippen LogP) is 3.34. The summed E-state index contributed by atoms with van der Waals surface area (Å²) in [5.41, 5.74) is 3.84. The fourth-order valence-corrected chi connectivity index (χ4v) is 4.94. The Morgan fingerprint density at radius 3 is 2.50 bits per heavy atom. The average Bonchev–Trinajstić information content (AvgIpc) is 3.23. The number of carbonyl (C=O) groups excluding carboxylic acids is 1. The van der Waals surface area contributed by atoms with Gasteiger partial charge in [0.1, 0.15) is 11.5 Å². The minimum atomic E-state index is 0.128. The Kier molecular flexibility index (Phi) is 6.28. The minimum Gasteiger partial charge on any atom is -0.497 e. The van der Waals surface area contributed by atoms with E-state index < -0.39 is 0 Å². The summed E-state index contributed by atoms with van der Waals surface area (Å²) in [5.74, 6) is 1.60. The van der Waals surface area contributed by atoms with Crippen molar-refractivity contribution in [1.82, 2.24) is 9.80 Å². The highest BCUT2D eigenvalue weighted by molar-refractivity contribution is 5.79. The van der Waals surface area contributed by atoms with Crippen molar-refractivity contribution < 1.29 is 14.3 Å². The molecule has 1 amide bonds. The first-order valence-corrected chi connectivity index (χ1v) is 10.9. The van der Waals surface area contributed by atoms with E-state index in [1.54, 1.807) is 14.2 Å². The molecule has 0 saturated carbocycles. The summed E-state index contributed by atoms with van der Waals surface area (Å²) in [6, 6.07) is 15.2. The number of hydrogen-bond acceptors (Lipinski definition) is 4. The van der Waals surface area contributed by atoms with Crippen molar-refractivity contribution >= 4 is 5.91 Å². The van der Waals surface area contributed by atoms with E-state index in [1.165, 1.54) is 11.1 Å². The summed E-state index contributed by atoms with van der Waals surface area (Å²) >= 11 is 0. The molecule has 5 heteroatoms. The number of rotatable bonds is 6. The molecule has 1 atom stereocenters. The molecule has 0 radical (unpaired) electrons. The van der Waals surface area contributed by atoms with E-state index in [0.29, 0.717) is 12.5 Å². The maximum atomic E-state index is 13.1. The number of likely N-dealkylation sites (N-methyl/N-ethyl adjacent to an activating group) is 1. The zero-order valence-electron chi connectivity index (χ0n) is 18.3. The number of nitrogens with zero attached hydrogens (tertiary/aromatic N) is 2. The molecule has 2 aromatic carbocycles. The second kappa shape index (κ2) is 9.09. The average molecular weight is 409 g/mol. The Bertz CT molecular complexity index is 873. The van der Waals surface area contributed by atoms with Crippen LogP contribution >= 0.6 is 0 Å². The number of piperidine rings is 1. The zero-order valence-corrected chi connectivity index (χ0v) is 18.3. The Balaban J connectivity index is 1.40. The van der Waals surface area contributed by atoms with Crippen LogP contribution in [0.2, 0.25) is 0 Å². The number of benzene rings is 2. The summed E-state index contributed by atoms with van der Waals surface area (Å²) in [6.45, 7) is 2.08. The first-order valence-electron chi connectivity index (χ1n) is 10.9. The maximum Gasteiger partial charge on any atom is 0.227 e. The van der Waals surface area contributed by atoms with Gasteiger partial charge in [-0.15, -0.1) is 0 Å². The van der Waals surface area contributed by atoms with Crippen molar-refractivity contribution in [2.75, 3.05) is 34.4 Å². The number of hydrogen-bond donors (Lipinski definition) is 0. The molecule has 0 unspecified atom stereocenters. The predicted molar refractivity (Wildman–Crippen MR) is 118 cm³/mol. The van der Waals surface area contributed by atoms with Crippen LogP contribution in [-0.4, -0.2) is 62.1 Å². The molecule has 5 nitrogen and oxygen atoms in total. The summed E-state index contributed by atoms with van der Waals surface area (Å²) in [6.07, 6.45) is 4.77. The quantitative estimate of drug-likeness (QED) is 0.735. The lowest BCUT2D eigenvalue weighted by molar-refractivity contribution is -0.132. The van der Waals surface area contributed by atoms with E-state index in [1.807, 2.05) is 30.1 Å². The molecule has 1 aliphatic carbocycles. The van der Waals surface area contributed by atoms with Crippen molar-refractivity contribution in [3.05, 3.63) is 59.2 Å². The van der Waals surface area contributed by atoms with E-state index in [9.17, 15) is 4.79 Å². The Labute approximate surface area is 179 Å². The first-order chi connectivity index (χ1) is 14.6. The van der Waals surface area contributed by atoms with Gasteiger partial charge in [-0.2, -0.15) is 0 Å². The van der Waals surface area contributed by atoms with Gasteiger partial charge >= 0.3 is 0 Å². The molecule has 30 heavy (non-hydrogen) atoms. The SMILES string of the molecule is COc1ccc(OC)c(CC(=O)N(C)[C@H]2CCCN(C3Cc4ccccc4C3)C2)c1. The lowest BCUT2D eigenvalue weighted by Crippen LogP contribution is -2.52. The summed E-state index contributed by atoms with van der Waals surface area (Å²) < 4.78 is 10.8. The van der Waals surface area contributed by atoms with Crippen LogP contribution in [0.25, 0.3) is 0 Å². The fourth-order valence-electron chi connectivity index (χ4n) is 4.94. The molecule has 1 aliphatic heterocycles. The summed E-state index contributed by atoms with van der Waals surface area (Å²) in [4.78, 5) is 17.6. The molecule has 2 aromatic rings. The van der Waals surface area contributed by atoms with E-state index in [-0.39, 0.29) is 11.9 Å². The molecule has 0 N–H and O–H groups in total. The van der Waals surface area contributed by atoms with Crippen LogP contribution in [0.4, 0.5) is 0 Å². The van der Waals surface area contributed by atoms with Gasteiger partial charge in [-0.05, 0) is 61.6 Å². The van der Waals surface area contributed by atoms with Crippen molar-refractivity contribution in [1.29, 1.82) is 0 Å². The number of fused-ring (bicyclic) bond motifs is 1. The van der Waals surface area contributed by atoms with Gasteiger partial charge in [0, 0.05) is 31.2 Å². The van der Waals surface area contributed by atoms with Crippen molar-refractivity contribution in [3.63, 3.8) is 0 Å². The number of amides is 1. The number of ether oxygens (including phenoxy) is 2. The highest BCUT2D eigenvalue weighted by atomic mass is 16.5. The molecule has 4 rings (SSSR count). The molecule has 1 heterocycles. The van der Waals surface area contributed by atoms with E-state index in [2.05, 4.69) is 29.2 Å². The van der Waals surface area contributed by atoms with Gasteiger partial charge in [0.25, 0.3) is 0 Å². The third kappa shape index (κ3) is 4.31. The lowest BCUT2D eigenvalue weighted by atomic mass is 10.0. The molecule has 1 fully saturated rings. The van der Waals surface area contributed by atoms with Crippen LogP contribution in [0, 0.1) is 0 Å². The molecule has 2 aliphatic rings. The third-order valence-corrected chi connectivity index (χ3v) is 6.74. The van der Waals surface area contributed by atoms with Gasteiger partial charge in [-0.3, -0.25) is 9.69 Å². The standard InChI is InChI=1S/C25H32N2O3/c1-26(25(28)16-20-15-23(29-2)10-11-24(20)30-3)21-9-6-12-27(17-21)22-13-18-7-4-5-8-19(18)14-22/h4-5,7-8,10-11,15,21-22H,6,9,12-14,16-17H2,1-3H3/t21-/m0/s1. The van der Waals surface area contributed by atoms with Crippen LogP contribution in [0.1, 0.15) is 29.5 Å². The van der Waals surface area contributed by atoms with E-state index >= 15 is 0 Å². The van der Waals surface area contributed by atoms with Gasteiger partial charge in [0.15, 0.2) is 0 Å². The van der Waals surface area contributed by atoms with Gasteiger partial charge in [-0.25, -0.2) is 0 Å². The minimum absolute atomic E-state index is 0.128. The van der Waals surface area contributed by atoms with Crippen molar-refractivity contribution in [3.8, 4) is 11.5 Å². The first kappa shape index (κ1) is 20.7. The van der Waals surface area contributed by atoms with Crippen molar-refractivity contribution in [2.45, 2.75) is 44.2 Å². The Morgan fingerprint density at radius 2 is 1.83 bits per heavy atom. The molecule has 1 saturated heterocycles. The van der Waals surface area contributed by atoms with Crippen LogP contribution < -0.4 is 9.47 Å². The third-order valence-electron chi connectivity index (χ3n) is 6.74. The van der Waals surface area contributed by atoms with Crippen LogP contribution in [0.3, 0.4) is 0 Å². The number of likely N-dealkylation sites (tertiary alicyclic amines) is 1. The second-order valence-corrected chi connectivity index (χ2v) is 8.48. The van der Waals surface area contributed by atoms with Gasteiger partial charge in [-0.1, -0.05) is 24.3 Å². The second-order valence-electron chi connectivity index (χ2n) is 8.48. The van der Waals surface area contributed by atoms with Crippen LogP contribution in [0.5, 0.6) is 11.5 Å². The van der Waals surface area contributed by atoms with Gasteiger partial charge in [0.2, 0.25) is 5.91 Å². The van der Waals surface area contributed by atoms with Crippen molar-refractivity contribution in [2.24, 2.45) is 0 Å². The van der Waals surface area contributed by atoms with Gasteiger partial charge < -0.3 is 14.4 Å². The topological polar surface area (TPSA) is 42.0 Å². The van der Waals surface area contributed by atoms with Crippen LogP contribution in [-0.2, 0) is 24.1 Å². The Hall–Kier alpha value is -2.53. The smallest absolute Gasteiger partial charge is 0.227 e. The summed E-state index contributed by atoms with van der Waals surface area (Å²) in [7, 11) is 5.22. The van der Waals surface area contributed by atoms with Gasteiger partial charge in [0.05, 0.1) is 20.6 Å². The number of methoxy groups -OCH3 is 2. The molecule has 0 aromatic heterocycles. The highest BCUT2D eigenvalue weighted by Gasteiger charge is 2.32. The molecular formula is C25H32N2O3. The fraction of sp³-hybridized carbons (Fsp3) is 0.480. The maximum absolute atomic E-state index is 13.1. The molecule has 160 valence electrons. The van der Waals surface area contributed by atoms with Crippen LogP contribution in [0.15, 0.2) is 42.5 Å².